The van der Waals surface area contributed by atoms with E-state index in [0.29, 0.717) is 6.54 Å². The second-order valence-corrected chi connectivity index (χ2v) is 6.09. The molecule has 0 bridgehead atoms. The largest absolute Gasteiger partial charge is 0.333 e. The lowest BCUT2D eigenvalue weighted by Crippen LogP contribution is -2.44. The van der Waals surface area contributed by atoms with E-state index < -0.39 is 0 Å². The minimum Gasteiger partial charge on any atom is -0.333 e. The number of carbonyl (C=O) groups excluding carboxylic acids is 1. The molecule has 0 unspecified atom stereocenters. The summed E-state index contributed by atoms with van der Waals surface area (Å²) >= 11 is 0. The van der Waals surface area contributed by atoms with Gasteiger partial charge in [0.15, 0.2) is 0 Å². The van der Waals surface area contributed by atoms with Gasteiger partial charge >= 0.3 is 6.03 Å². The van der Waals surface area contributed by atoms with Crippen LogP contribution in [0.4, 0.5) is 9.18 Å². The number of imidazole rings is 1. The van der Waals surface area contributed by atoms with Gasteiger partial charge in [0, 0.05) is 19.3 Å². The molecular weight excluding hydrogens is 307 g/mol. The summed E-state index contributed by atoms with van der Waals surface area (Å²) in [6, 6.07) is 6.40. The van der Waals surface area contributed by atoms with Crippen LogP contribution < -0.4 is 5.32 Å². The number of urea groups is 1. The van der Waals surface area contributed by atoms with Crippen LogP contribution in [0.15, 0.2) is 36.8 Å². The molecule has 0 aliphatic carbocycles. The van der Waals surface area contributed by atoms with E-state index in [-0.39, 0.29) is 17.9 Å². The van der Waals surface area contributed by atoms with E-state index in [1.807, 2.05) is 16.4 Å². The van der Waals surface area contributed by atoms with Crippen LogP contribution >= 0.6 is 0 Å². The fourth-order valence-corrected chi connectivity index (χ4v) is 3.25. The van der Waals surface area contributed by atoms with Gasteiger partial charge in [-0.25, -0.2) is 14.2 Å². The maximum absolute atomic E-state index is 13.2. The molecule has 2 aromatic rings. The molecule has 1 aromatic carbocycles. The van der Waals surface area contributed by atoms with Crippen LogP contribution in [0, 0.1) is 5.82 Å². The van der Waals surface area contributed by atoms with Crippen molar-refractivity contribution in [1.29, 1.82) is 0 Å². The van der Waals surface area contributed by atoms with E-state index in [9.17, 15) is 9.18 Å². The number of aryl methyl sites for hydroxylation is 1. The number of carbonyl (C=O) groups is 1. The Balaban J connectivity index is 1.68. The molecule has 1 atom stereocenters. The number of amides is 2. The van der Waals surface area contributed by atoms with Gasteiger partial charge in [0.2, 0.25) is 0 Å². The molecule has 1 aliphatic heterocycles. The molecule has 2 heterocycles. The fraction of sp³-hybridized carbons (Fsp3) is 0.444. The van der Waals surface area contributed by atoms with Crippen LogP contribution in [0.2, 0.25) is 0 Å². The van der Waals surface area contributed by atoms with Crippen LogP contribution in [0.3, 0.4) is 0 Å². The molecule has 1 saturated heterocycles. The third kappa shape index (κ3) is 3.58. The molecule has 24 heavy (non-hydrogen) atoms. The lowest BCUT2D eigenvalue weighted by atomic mass is 9.95. The molecule has 128 valence electrons. The fourth-order valence-electron chi connectivity index (χ4n) is 3.25. The Labute approximate surface area is 141 Å². The van der Waals surface area contributed by atoms with E-state index in [1.54, 1.807) is 24.7 Å². The lowest BCUT2D eigenvalue weighted by Gasteiger charge is -2.36. The van der Waals surface area contributed by atoms with Gasteiger partial charge in [-0.15, -0.1) is 0 Å². The summed E-state index contributed by atoms with van der Waals surface area (Å²) in [5.41, 5.74) is 1.98. The van der Waals surface area contributed by atoms with Crippen molar-refractivity contribution in [3.05, 3.63) is 53.9 Å². The van der Waals surface area contributed by atoms with Crippen LogP contribution in [-0.4, -0.2) is 27.0 Å². The zero-order chi connectivity index (χ0) is 16.9. The number of hydrogen-bond acceptors (Lipinski definition) is 2. The number of aromatic nitrogens is 2. The number of benzene rings is 1. The number of halogens is 1. The van der Waals surface area contributed by atoms with Crippen molar-refractivity contribution in [3.8, 4) is 0 Å². The van der Waals surface area contributed by atoms with E-state index in [2.05, 4.69) is 10.3 Å². The topological polar surface area (TPSA) is 50.2 Å². The Kier molecular flexibility index (Phi) is 5.13. The van der Waals surface area contributed by atoms with E-state index in [0.717, 1.165) is 43.6 Å². The van der Waals surface area contributed by atoms with Crippen molar-refractivity contribution < 1.29 is 9.18 Å². The second kappa shape index (κ2) is 7.47. The van der Waals surface area contributed by atoms with Gasteiger partial charge in [-0.2, -0.15) is 0 Å². The van der Waals surface area contributed by atoms with Crippen LogP contribution in [0.5, 0.6) is 0 Å². The molecular formula is C18H23FN4O. The number of nitrogens with one attached hydrogen (secondary N) is 1. The Morgan fingerprint density at radius 3 is 2.88 bits per heavy atom. The summed E-state index contributed by atoms with van der Waals surface area (Å²) in [6.07, 6.45) is 6.53. The molecule has 2 amide bonds. The van der Waals surface area contributed by atoms with Crippen LogP contribution in [0.1, 0.15) is 43.5 Å². The van der Waals surface area contributed by atoms with E-state index in [4.69, 9.17) is 0 Å². The zero-order valence-corrected chi connectivity index (χ0v) is 13.9. The lowest BCUT2D eigenvalue weighted by molar-refractivity contribution is 0.151. The highest BCUT2D eigenvalue weighted by Crippen LogP contribution is 2.30. The van der Waals surface area contributed by atoms with Crippen molar-refractivity contribution in [2.45, 2.75) is 45.3 Å². The van der Waals surface area contributed by atoms with Crippen molar-refractivity contribution >= 4 is 6.03 Å². The monoisotopic (exact) mass is 330 g/mol. The molecule has 1 aliphatic rings. The Bertz CT molecular complexity index is 683. The Hall–Kier alpha value is -2.37. The molecule has 5 nitrogen and oxygen atoms in total. The molecule has 0 spiro atoms. The minimum atomic E-state index is -0.251. The maximum atomic E-state index is 13.2. The quantitative estimate of drug-likeness (QED) is 0.933. The van der Waals surface area contributed by atoms with Gasteiger partial charge < -0.3 is 14.8 Å². The minimum absolute atomic E-state index is 0.00966. The van der Waals surface area contributed by atoms with Gasteiger partial charge in [0.05, 0.1) is 24.6 Å². The third-order valence-corrected chi connectivity index (χ3v) is 4.58. The van der Waals surface area contributed by atoms with E-state index >= 15 is 0 Å². The standard InChI is InChI=1S/C18H23FN4O/c1-2-22-13-20-11-16(22)12-21-18(24)23-10-4-3-5-17(23)14-6-8-15(19)9-7-14/h6-9,11,13,17H,2-5,10,12H2,1H3,(H,21,24)/t17-/m0/s1. The number of piperidine rings is 1. The summed E-state index contributed by atoms with van der Waals surface area (Å²) in [6.45, 7) is 4.05. The first-order valence-electron chi connectivity index (χ1n) is 8.48. The average molecular weight is 330 g/mol. The number of hydrogen-bond donors (Lipinski definition) is 1. The van der Waals surface area contributed by atoms with Crippen molar-refractivity contribution in [3.63, 3.8) is 0 Å². The van der Waals surface area contributed by atoms with E-state index in [1.165, 1.54) is 12.1 Å². The van der Waals surface area contributed by atoms with Crippen LogP contribution in [0.25, 0.3) is 0 Å². The first-order valence-corrected chi connectivity index (χ1v) is 8.48. The predicted molar refractivity (Wildman–Crippen MR) is 89.8 cm³/mol. The molecule has 1 aromatic heterocycles. The second-order valence-electron chi connectivity index (χ2n) is 6.09. The highest BCUT2D eigenvalue weighted by atomic mass is 19.1. The zero-order valence-electron chi connectivity index (χ0n) is 13.9. The third-order valence-electron chi connectivity index (χ3n) is 4.58. The Morgan fingerprint density at radius 2 is 2.12 bits per heavy atom. The summed E-state index contributed by atoms with van der Waals surface area (Å²) in [5.74, 6) is -0.251. The molecule has 1 N–H and O–H groups in total. The van der Waals surface area contributed by atoms with Gasteiger partial charge in [-0.05, 0) is 43.9 Å². The van der Waals surface area contributed by atoms with Gasteiger partial charge in [0.1, 0.15) is 5.82 Å². The van der Waals surface area contributed by atoms with Gasteiger partial charge in [0.25, 0.3) is 0 Å². The van der Waals surface area contributed by atoms with Crippen molar-refractivity contribution in [2.75, 3.05) is 6.54 Å². The van der Waals surface area contributed by atoms with Gasteiger partial charge in [-0.1, -0.05) is 12.1 Å². The normalized spacial score (nSPS) is 17.8. The highest BCUT2D eigenvalue weighted by Gasteiger charge is 2.27. The number of likely N-dealkylation sites (tertiary alicyclic amines) is 1. The maximum Gasteiger partial charge on any atom is 0.318 e. The summed E-state index contributed by atoms with van der Waals surface area (Å²) in [4.78, 5) is 18.6. The van der Waals surface area contributed by atoms with Gasteiger partial charge in [-0.3, -0.25) is 0 Å². The van der Waals surface area contributed by atoms with Crippen molar-refractivity contribution in [2.24, 2.45) is 0 Å². The average Bonchev–Trinajstić information content (AvgIpc) is 3.08. The van der Waals surface area contributed by atoms with Crippen LogP contribution in [-0.2, 0) is 13.1 Å². The molecule has 0 saturated carbocycles. The SMILES string of the molecule is CCn1cncc1CNC(=O)N1CCCC[C@H]1c1ccc(F)cc1. The number of rotatable bonds is 4. The smallest absolute Gasteiger partial charge is 0.318 e. The first kappa shape index (κ1) is 16.5. The predicted octanol–water partition coefficient (Wildman–Crippen LogP) is 3.48. The summed E-state index contributed by atoms with van der Waals surface area (Å²) < 4.78 is 15.2. The Morgan fingerprint density at radius 1 is 1.33 bits per heavy atom. The van der Waals surface area contributed by atoms with Crippen molar-refractivity contribution in [1.82, 2.24) is 19.8 Å². The summed E-state index contributed by atoms with van der Waals surface area (Å²) in [7, 11) is 0. The first-order chi connectivity index (χ1) is 11.7. The number of nitrogens with zero attached hydrogens (tertiary/aromatic N) is 3. The molecule has 0 radical (unpaired) electrons. The molecule has 6 heteroatoms. The highest BCUT2D eigenvalue weighted by molar-refractivity contribution is 5.74. The molecule has 3 rings (SSSR count). The summed E-state index contributed by atoms with van der Waals surface area (Å²) in [5, 5.41) is 2.99. The molecule has 1 fully saturated rings.